The zero-order valence-corrected chi connectivity index (χ0v) is 15.5. The predicted octanol–water partition coefficient (Wildman–Crippen LogP) is 2.81. The number of hydrogen-bond donors (Lipinski definition) is 1. The van der Waals surface area contributed by atoms with E-state index in [9.17, 15) is 18.6 Å². The molecule has 0 unspecified atom stereocenters. The van der Waals surface area contributed by atoms with Gasteiger partial charge in [-0.3, -0.25) is 13.8 Å². The Balaban J connectivity index is 2.04. The largest absolute Gasteiger partial charge is 0.449 e. The van der Waals surface area contributed by atoms with Gasteiger partial charge in [-0.05, 0) is 50.2 Å². The van der Waals surface area contributed by atoms with Gasteiger partial charge in [0.05, 0.1) is 21.3 Å². The van der Waals surface area contributed by atoms with Gasteiger partial charge in [0.15, 0.2) is 11.9 Å². The van der Waals surface area contributed by atoms with Crippen LogP contribution < -0.4 is 5.32 Å². The Hall–Kier alpha value is -2.80. The number of amides is 1. The molecule has 0 aliphatic rings. The molecule has 2 aromatic rings. The number of ketones is 1. The van der Waals surface area contributed by atoms with E-state index in [1.54, 1.807) is 42.5 Å². The van der Waals surface area contributed by atoms with Crippen LogP contribution >= 0.6 is 0 Å². The van der Waals surface area contributed by atoms with Gasteiger partial charge in [0.2, 0.25) is 0 Å². The first-order valence-corrected chi connectivity index (χ1v) is 9.40. The Bertz CT molecular complexity index is 860. The van der Waals surface area contributed by atoms with Crippen molar-refractivity contribution in [1.29, 1.82) is 0 Å². The first kappa shape index (κ1) is 19.5. The molecule has 26 heavy (non-hydrogen) atoms. The van der Waals surface area contributed by atoms with Crippen LogP contribution in [0.15, 0.2) is 53.4 Å². The van der Waals surface area contributed by atoms with Crippen LogP contribution in [0.5, 0.6) is 0 Å². The van der Waals surface area contributed by atoms with E-state index >= 15 is 0 Å². The standard InChI is InChI=1S/C19H19NO5S/c1-12(21)14-8-10-15(11-9-14)20-18(22)13(2)25-19(23)16-6-4-5-7-17(16)26(3)24/h4-11,13H,1-3H3,(H,20,22)/t13-,26+/m1/s1. The van der Waals surface area contributed by atoms with Gasteiger partial charge < -0.3 is 10.1 Å². The van der Waals surface area contributed by atoms with Crippen molar-refractivity contribution in [1.82, 2.24) is 0 Å². The molecule has 0 heterocycles. The average molecular weight is 373 g/mol. The summed E-state index contributed by atoms with van der Waals surface area (Å²) in [6, 6.07) is 12.8. The summed E-state index contributed by atoms with van der Waals surface area (Å²) in [5, 5.41) is 2.61. The lowest BCUT2D eigenvalue weighted by molar-refractivity contribution is -0.123. The van der Waals surface area contributed by atoms with Gasteiger partial charge in [0.25, 0.3) is 5.91 Å². The smallest absolute Gasteiger partial charge is 0.340 e. The third-order valence-electron chi connectivity index (χ3n) is 3.63. The molecule has 7 heteroatoms. The molecule has 6 nitrogen and oxygen atoms in total. The minimum Gasteiger partial charge on any atom is -0.449 e. The molecular formula is C19H19NO5S. The molecule has 2 atom stereocenters. The maximum atomic E-state index is 12.3. The van der Waals surface area contributed by atoms with Gasteiger partial charge in [0.1, 0.15) is 0 Å². The number of rotatable bonds is 6. The summed E-state index contributed by atoms with van der Waals surface area (Å²) < 4.78 is 16.9. The Morgan fingerprint density at radius 3 is 2.23 bits per heavy atom. The van der Waals surface area contributed by atoms with E-state index in [-0.39, 0.29) is 11.3 Å². The summed E-state index contributed by atoms with van der Waals surface area (Å²) in [5.74, 6) is -1.30. The van der Waals surface area contributed by atoms with Crippen LogP contribution in [-0.4, -0.2) is 34.2 Å². The number of nitrogens with one attached hydrogen (secondary N) is 1. The number of ether oxygens (including phenoxy) is 1. The fourth-order valence-corrected chi connectivity index (χ4v) is 2.93. The molecule has 0 bridgehead atoms. The number of benzene rings is 2. The van der Waals surface area contributed by atoms with Crippen molar-refractivity contribution < 1.29 is 23.3 Å². The second kappa shape index (κ2) is 8.53. The van der Waals surface area contributed by atoms with Gasteiger partial charge >= 0.3 is 5.97 Å². The van der Waals surface area contributed by atoms with E-state index in [4.69, 9.17) is 4.74 Å². The number of anilines is 1. The third-order valence-corrected chi connectivity index (χ3v) is 4.60. The van der Waals surface area contributed by atoms with Crippen molar-refractivity contribution in [3.63, 3.8) is 0 Å². The lowest BCUT2D eigenvalue weighted by Crippen LogP contribution is -2.30. The maximum Gasteiger partial charge on any atom is 0.340 e. The second-order valence-corrected chi connectivity index (χ2v) is 6.97. The molecule has 136 valence electrons. The monoisotopic (exact) mass is 373 g/mol. The van der Waals surface area contributed by atoms with Gasteiger partial charge in [-0.15, -0.1) is 0 Å². The molecule has 0 saturated heterocycles. The highest BCUT2D eigenvalue weighted by atomic mass is 32.2. The fraction of sp³-hybridized carbons (Fsp3) is 0.211. The highest BCUT2D eigenvalue weighted by molar-refractivity contribution is 7.84. The molecule has 2 rings (SSSR count). The summed E-state index contributed by atoms with van der Waals surface area (Å²) in [7, 11) is -1.35. The Labute approximate surface area is 154 Å². The fourth-order valence-electron chi connectivity index (χ4n) is 2.20. The highest BCUT2D eigenvalue weighted by Gasteiger charge is 2.21. The number of esters is 1. The van der Waals surface area contributed by atoms with Crippen LogP contribution in [0, 0.1) is 0 Å². The molecule has 0 radical (unpaired) electrons. The lowest BCUT2D eigenvalue weighted by Gasteiger charge is -2.14. The van der Waals surface area contributed by atoms with Crippen LogP contribution in [0.3, 0.4) is 0 Å². The van der Waals surface area contributed by atoms with E-state index in [0.29, 0.717) is 16.1 Å². The quantitative estimate of drug-likeness (QED) is 0.621. The number of carbonyl (C=O) groups is 3. The molecule has 0 saturated carbocycles. The van der Waals surface area contributed by atoms with Crippen molar-refractivity contribution in [3.8, 4) is 0 Å². The molecule has 0 aromatic heterocycles. The molecule has 0 spiro atoms. The highest BCUT2D eigenvalue weighted by Crippen LogP contribution is 2.16. The SMILES string of the molecule is CC(=O)c1ccc(NC(=O)[C@@H](C)OC(=O)c2ccccc2[S@](C)=O)cc1. The number of carbonyl (C=O) groups excluding carboxylic acids is 3. The van der Waals surface area contributed by atoms with Crippen molar-refractivity contribution in [3.05, 3.63) is 59.7 Å². The van der Waals surface area contributed by atoms with Crippen molar-refractivity contribution in [2.45, 2.75) is 24.8 Å². The molecule has 1 N–H and O–H groups in total. The van der Waals surface area contributed by atoms with Crippen LogP contribution in [0.1, 0.15) is 34.6 Å². The van der Waals surface area contributed by atoms with Gasteiger partial charge in [-0.2, -0.15) is 0 Å². The van der Waals surface area contributed by atoms with Crippen LogP contribution in [0.4, 0.5) is 5.69 Å². The average Bonchev–Trinajstić information content (AvgIpc) is 2.61. The second-order valence-electron chi connectivity index (χ2n) is 5.62. The molecule has 2 aromatic carbocycles. The summed E-state index contributed by atoms with van der Waals surface area (Å²) in [5.41, 5.74) is 1.18. The summed E-state index contributed by atoms with van der Waals surface area (Å²) in [4.78, 5) is 36.1. The number of Topliss-reactive ketones (excluding diaryl/α,β-unsaturated/α-hetero) is 1. The van der Waals surface area contributed by atoms with Gasteiger partial charge in [0, 0.05) is 17.5 Å². The molecule has 0 fully saturated rings. The van der Waals surface area contributed by atoms with Gasteiger partial charge in [-0.1, -0.05) is 12.1 Å². The Morgan fingerprint density at radius 2 is 1.65 bits per heavy atom. The molecule has 0 aliphatic heterocycles. The van der Waals surface area contributed by atoms with Crippen molar-refractivity contribution in [2.24, 2.45) is 0 Å². The van der Waals surface area contributed by atoms with Crippen LogP contribution in [0.2, 0.25) is 0 Å². The topological polar surface area (TPSA) is 89.5 Å². The van der Waals surface area contributed by atoms with Crippen LogP contribution in [0.25, 0.3) is 0 Å². The lowest BCUT2D eigenvalue weighted by atomic mass is 10.1. The van der Waals surface area contributed by atoms with E-state index < -0.39 is 28.8 Å². The first-order valence-electron chi connectivity index (χ1n) is 7.85. The van der Waals surface area contributed by atoms with E-state index in [0.717, 1.165) is 0 Å². The van der Waals surface area contributed by atoms with E-state index in [1.807, 2.05) is 0 Å². The normalized spacial score (nSPS) is 12.7. The van der Waals surface area contributed by atoms with Crippen molar-refractivity contribution in [2.75, 3.05) is 11.6 Å². The Morgan fingerprint density at radius 1 is 1.04 bits per heavy atom. The zero-order valence-electron chi connectivity index (χ0n) is 14.6. The predicted molar refractivity (Wildman–Crippen MR) is 98.7 cm³/mol. The minimum absolute atomic E-state index is 0.0721. The Kier molecular flexibility index (Phi) is 6.41. The zero-order chi connectivity index (χ0) is 19.3. The maximum absolute atomic E-state index is 12.3. The summed E-state index contributed by atoms with van der Waals surface area (Å²) >= 11 is 0. The third kappa shape index (κ3) is 4.86. The first-order chi connectivity index (χ1) is 12.3. The molecule has 1 amide bonds. The van der Waals surface area contributed by atoms with E-state index in [2.05, 4.69) is 5.32 Å². The van der Waals surface area contributed by atoms with Gasteiger partial charge in [-0.25, -0.2) is 4.79 Å². The van der Waals surface area contributed by atoms with Crippen molar-refractivity contribution >= 4 is 34.1 Å². The number of hydrogen-bond acceptors (Lipinski definition) is 5. The molecule has 0 aliphatic carbocycles. The summed E-state index contributed by atoms with van der Waals surface area (Å²) in [6.45, 7) is 2.90. The summed E-state index contributed by atoms with van der Waals surface area (Å²) in [6.07, 6.45) is 0.417. The van der Waals surface area contributed by atoms with E-state index in [1.165, 1.54) is 26.2 Å². The van der Waals surface area contributed by atoms with Crippen LogP contribution in [-0.2, 0) is 20.3 Å². The minimum atomic E-state index is -1.35. The molecular weight excluding hydrogens is 354 g/mol.